The number of hydrogen-bond donors (Lipinski definition) is 0. The Morgan fingerprint density at radius 3 is 1.27 bits per heavy atom. The Labute approximate surface area is 130 Å². The predicted octanol–water partition coefficient (Wildman–Crippen LogP) is 2.84. The lowest BCUT2D eigenvalue weighted by molar-refractivity contribution is -0.130. The second-order valence-electron chi connectivity index (χ2n) is 5.44. The smallest absolute Gasteiger partial charge is 0.250 e. The van der Waals surface area contributed by atoms with Crippen LogP contribution in [0.15, 0.2) is 60.7 Å². The van der Waals surface area contributed by atoms with Gasteiger partial charge in [-0.1, -0.05) is 36.4 Å². The summed E-state index contributed by atoms with van der Waals surface area (Å²) >= 11 is 0. The number of rotatable bonds is 2. The maximum absolute atomic E-state index is 12.8. The van der Waals surface area contributed by atoms with Gasteiger partial charge in [-0.05, 0) is 38.1 Å². The first kappa shape index (κ1) is 14.3. The molecular formula is C18H18N2O2. The van der Waals surface area contributed by atoms with E-state index in [0.717, 1.165) is 11.4 Å². The number of amides is 2. The van der Waals surface area contributed by atoms with Crippen LogP contribution in [0.2, 0.25) is 0 Å². The molecule has 0 spiro atoms. The summed E-state index contributed by atoms with van der Waals surface area (Å²) in [5, 5.41) is 0. The third-order valence-electron chi connectivity index (χ3n) is 4.03. The van der Waals surface area contributed by atoms with E-state index in [1.165, 1.54) is 0 Å². The van der Waals surface area contributed by atoms with Gasteiger partial charge >= 0.3 is 0 Å². The highest BCUT2D eigenvalue weighted by molar-refractivity contribution is 6.15. The lowest BCUT2D eigenvalue weighted by Gasteiger charge is -2.42. The van der Waals surface area contributed by atoms with Crippen LogP contribution >= 0.6 is 0 Å². The van der Waals surface area contributed by atoms with Gasteiger partial charge in [0.25, 0.3) is 11.8 Å². The molecule has 3 rings (SSSR count). The normalized spacial score (nSPS) is 22.1. The van der Waals surface area contributed by atoms with Crippen LogP contribution in [-0.4, -0.2) is 23.9 Å². The van der Waals surface area contributed by atoms with Crippen molar-refractivity contribution in [2.45, 2.75) is 25.9 Å². The number of piperazine rings is 1. The van der Waals surface area contributed by atoms with Crippen molar-refractivity contribution in [3.63, 3.8) is 0 Å². The third-order valence-corrected chi connectivity index (χ3v) is 4.03. The fourth-order valence-corrected chi connectivity index (χ4v) is 2.88. The molecule has 1 fully saturated rings. The highest BCUT2D eigenvalue weighted by Gasteiger charge is 2.42. The molecular weight excluding hydrogens is 276 g/mol. The van der Waals surface area contributed by atoms with Crippen LogP contribution in [0.1, 0.15) is 13.8 Å². The Balaban J connectivity index is 1.99. The Morgan fingerprint density at radius 1 is 0.636 bits per heavy atom. The van der Waals surface area contributed by atoms with Gasteiger partial charge in [0.05, 0.1) is 0 Å². The first-order chi connectivity index (χ1) is 10.6. The molecule has 0 aromatic heterocycles. The molecule has 22 heavy (non-hydrogen) atoms. The fourth-order valence-electron chi connectivity index (χ4n) is 2.88. The summed E-state index contributed by atoms with van der Waals surface area (Å²) in [6, 6.07) is 17.6. The van der Waals surface area contributed by atoms with Gasteiger partial charge in [-0.3, -0.25) is 19.4 Å². The number of benzene rings is 2. The molecule has 4 nitrogen and oxygen atoms in total. The van der Waals surface area contributed by atoms with Crippen molar-refractivity contribution in [2.75, 3.05) is 9.80 Å². The van der Waals surface area contributed by atoms with E-state index in [2.05, 4.69) is 0 Å². The molecule has 112 valence electrons. The number of nitrogens with zero attached hydrogens (tertiary/aromatic N) is 2. The minimum absolute atomic E-state index is 0.0675. The van der Waals surface area contributed by atoms with Crippen molar-refractivity contribution in [1.82, 2.24) is 0 Å². The van der Waals surface area contributed by atoms with Gasteiger partial charge in [0, 0.05) is 11.4 Å². The summed E-state index contributed by atoms with van der Waals surface area (Å²) in [5.74, 6) is -0.135. The molecule has 0 N–H and O–H groups in total. The summed E-state index contributed by atoms with van der Waals surface area (Å²) < 4.78 is 0. The Morgan fingerprint density at radius 2 is 0.955 bits per heavy atom. The quantitative estimate of drug-likeness (QED) is 0.854. The highest BCUT2D eigenvalue weighted by atomic mass is 16.2. The molecule has 1 aliphatic rings. The predicted molar refractivity (Wildman–Crippen MR) is 86.8 cm³/mol. The lowest BCUT2D eigenvalue weighted by Crippen LogP contribution is -2.63. The average molecular weight is 294 g/mol. The SMILES string of the molecule is C[C@H]1C(=O)N(c2ccccc2)[C@@H](C)C(=O)N1c1ccccc1. The van der Waals surface area contributed by atoms with E-state index >= 15 is 0 Å². The molecule has 0 unspecified atom stereocenters. The Hall–Kier alpha value is -2.62. The molecule has 4 heteroatoms. The Bertz CT molecular complexity index is 623. The number of carbonyl (C=O) groups excluding carboxylic acids is 2. The average Bonchev–Trinajstić information content (AvgIpc) is 2.55. The zero-order valence-electron chi connectivity index (χ0n) is 12.6. The monoisotopic (exact) mass is 294 g/mol. The maximum atomic E-state index is 12.8. The molecule has 2 amide bonds. The third kappa shape index (κ3) is 2.26. The zero-order valence-corrected chi connectivity index (χ0v) is 12.6. The zero-order chi connectivity index (χ0) is 15.7. The standard InChI is InChI=1S/C18H18N2O2/c1-13-17(21)20(16-11-7-4-8-12-16)14(2)18(22)19(13)15-9-5-3-6-10-15/h3-14H,1-2H3/t13-,14-/m0/s1. The van der Waals surface area contributed by atoms with Gasteiger partial charge in [0.1, 0.15) is 12.1 Å². The molecule has 0 radical (unpaired) electrons. The Kier molecular flexibility index (Phi) is 3.67. The molecule has 2 aromatic carbocycles. The molecule has 0 saturated carbocycles. The maximum Gasteiger partial charge on any atom is 0.250 e. The summed E-state index contributed by atoms with van der Waals surface area (Å²) in [4.78, 5) is 28.8. The minimum Gasteiger partial charge on any atom is -0.298 e. The summed E-state index contributed by atoms with van der Waals surface area (Å²) in [6.07, 6.45) is 0. The van der Waals surface area contributed by atoms with Gasteiger partial charge in [-0.15, -0.1) is 0 Å². The van der Waals surface area contributed by atoms with Crippen molar-refractivity contribution in [3.8, 4) is 0 Å². The molecule has 2 aromatic rings. The van der Waals surface area contributed by atoms with Crippen LogP contribution in [0, 0.1) is 0 Å². The van der Waals surface area contributed by atoms with Crippen molar-refractivity contribution in [3.05, 3.63) is 60.7 Å². The molecule has 1 saturated heterocycles. The first-order valence-corrected chi connectivity index (χ1v) is 7.37. The molecule has 1 aliphatic heterocycles. The van der Waals surface area contributed by atoms with Crippen molar-refractivity contribution in [1.29, 1.82) is 0 Å². The van der Waals surface area contributed by atoms with Crippen LogP contribution < -0.4 is 9.80 Å². The largest absolute Gasteiger partial charge is 0.298 e. The minimum atomic E-state index is -0.522. The van der Waals surface area contributed by atoms with Crippen molar-refractivity contribution < 1.29 is 9.59 Å². The van der Waals surface area contributed by atoms with Gasteiger partial charge in [-0.25, -0.2) is 0 Å². The van der Waals surface area contributed by atoms with Gasteiger partial charge in [0.2, 0.25) is 0 Å². The second kappa shape index (κ2) is 5.64. The van der Waals surface area contributed by atoms with E-state index in [1.54, 1.807) is 23.6 Å². The van der Waals surface area contributed by atoms with Crippen LogP contribution in [-0.2, 0) is 9.59 Å². The van der Waals surface area contributed by atoms with E-state index < -0.39 is 12.1 Å². The topological polar surface area (TPSA) is 40.6 Å². The van der Waals surface area contributed by atoms with Crippen LogP contribution in [0.3, 0.4) is 0 Å². The van der Waals surface area contributed by atoms with Gasteiger partial charge in [0.15, 0.2) is 0 Å². The molecule has 2 atom stereocenters. The van der Waals surface area contributed by atoms with E-state index in [4.69, 9.17) is 0 Å². The van der Waals surface area contributed by atoms with Crippen molar-refractivity contribution in [2.24, 2.45) is 0 Å². The summed E-state index contributed by atoms with van der Waals surface area (Å²) in [7, 11) is 0. The molecule has 0 bridgehead atoms. The van der Waals surface area contributed by atoms with Crippen LogP contribution in [0.4, 0.5) is 11.4 Å². The second-order valence-corrected chi connectivity index (χ2v) is 5.44. The van der Waals surface area contributed by atoms with Crippen molar-refractivity contribution >= 4 is 23.2 Å². The van der Waals surface area contributed by atoms with Gasteiger partial charge in [-0.2, -0.15) is 0 Å². The highest BCUT2D eigenvalue weighted by Crippen LogP contribution is 2.28. The number of carbonyl (C=O) groups is 2. The van der Waals surface area contributed by atoms with E-state index in [9.17, 15) is 9.59 Å². The molecule has 1 heterocycles. The first-order valence-electron chi connectivity index (χ1n) is 7.37. The van der Waals surface area contributed by atoms with E-state index in [1.807, 2.05) is 60.7 Å². The summed E-state index contributed by atoms with van der Waals surface area (Å²) in [5.41, 5.74) is 1.51. The number of anilines is 2. The van der Waals surface area contributed by atoms with E-state index in [0.29, 0.717) is 0 Å². The number of para-hydroxylation sites is 2. The van der Waals surface area contributed by atoms with E-state index in [-0.39, 0.29) is 11.8 Å². The van der Waals surface area contributed by atoms with Crippen LogP contribution in [0.25, 0.3) is 0 Å². The fraction of sp³-hybridized carbons (Fsp3) is 0.222. The van der Waals surface area contributed by atoms with Crippen LogP contribution in [0.5, 0.6) is 0 Å². The summed E-state index contributed by atoms with van der Waals surface area (Å²) in [6.45, 7) is 3.55. The van der Waals surface area contributed by atoms with Gasteiger partial charge < -0.3 is 0 Å². The number of hydrogen-bond acceptors (Lipinski definition) is 2. The lowest BCUT2D eigenvalue weighted by atomic mass is 10.0. The molecule has 0 aliphatic carbocycles.